The highest BCUT2D eigenvalue weighted by Gasteiger charge is 2.09. The molecule has 2 nitrogen and oxygen atoms in total. The molecule has 2 N–H and O–H groups in total. The smallest absolute Gasteiger partial charge is 0.0976 e. The van der Waals surface area contributed by atoms with Crippen LogP contribution in [0, 0.1) is 11.3 Å². The first-order valence-electron chi connectivity index (χ1n) is 3.11. The lowest BCUT2D eigenvalue weighted by molar-refractivity contribution is 0.752. The van der Waals surface area contributed by atoms with Gasteiger partial charge in [0.15, 0.2) is 0 Å². The minimum atomic E-state index is -0.237. The van der Waals surface area contributed by atoms with Crippen molar-refractivity contribution in [3.8, 4) is 6.07 Å². The normalized spacial score (nSPS) is 12.5. The molecule has 0 radical (unpaired) electrons. The average Bonchev–Trinajstić information content (AvgIpc) is 2.36. The van der Waals surface area contributed by atoms with Crippen LogP contribution in [0.3, 0.4) is 0 Å². The lowest BCUT2D eigenvalue weighted by Gasteiger charge is -2.03. The van der Waals surface area contributed by atoms with E-state index in [1.165, 1.54) is 11.3 Å². The Hall–Kier alpha value is -0.560. The van der Waals surface area contributed by atoms with E-state index in [4.69, 9.17) is 22.6 Å². The quantitative estimate of drug-likeness (QED) is 0.771. The molecule has 0 spiro atoms. The SMILES string of the molecule is N#CCC(N)c1ccsc1Cl. The van der Waals surface area contributed by atoms with Crippen LogP contribution in [0.4, 0.5) is 0 Å². The van der Waals surface area contributed by atoms with Gasteiger partial charge >= 0.3 is 0 Å². The van der Waals surface area contributed by atoms with E-state index in [2.05, 4.69) is 0 Å². The number of hydrogen-bond donors (Lipinski definition) is 1. The summed E-state index contributed by atoms with van der Waals surface area (Å²) in [6, 6.07) is 3.62. The van der Waals surface area contributed by atoms with Gasteiger partial charge in [-0.2, -0.15) is 5.26 Å². The molecule has 1 heterocycles. The maximum atomic E-state index is 8.36. The molecule has 0 aliphatic heterocycles. The third-order valence-corrected chi connectivity index (χ3v) is 2.56. The Bertz CT molecular complexity index is 276. The molecule has 0 aliphatic carbocycles. The van der Waals surface area contributed by atoms with E-state index in [1.807, 2.05) is 17.5 Å². The van der Waals surface area contributed by atoms with Crippen molar-refractivity contribution in [1.29, 1.82) is 5.26 Å². The third-order valence-electron chi connectivity index (χ3n) is 1.36. The molecular formula is C7H7ClN2S. The van der Waals surface area contributed by atoms with E-state index in [-0.39, 0.29) is 6.04 Å². The highest BCUT2D eigenvalue weighted by Crippen LogP contribution is 2.28. The van der Waals surface area contributed by atoms with Gasteiger partial charge in [0.25, 0.3) is 0 Å². The predicted octanol–water partition coefficient (Wildman–Crippen LogP) is 2.31. The second kappa shape index (κ2) is 3.72. The van der Waals surface area contributed by atoms with Crippen LogP contribution in [0.2, 0.25) is 4.34 Å². The number of thiophene rings is 1. The van der Waals surface area contributed by atoms with Crippen molar-refractivity contribution >= 4 is 22.9 Å². The van der Waals surface area contributed by atoms with Crippen LogP contribution >= 0.6 is 22.9 Å². The highest BCUT2D eigenvalue weighted by molar-refractivity contribution is 7.14. The Morgan fingerprint density at radius 1 is 1.82 bits per heavy atom. The summed E-state index contributed by atoms with van der Waals surface area (Å²) in [5.74, 6) is 0. The molecule has 1 aromatic rings. The molecule has 0 aliphatic rings. The lowest BCUT2D eigenvalue weighted by atomic mass is 10.1. The number of nitriles is 1. The molecule has 4 heteroatoms. The summed E-state index contributed by atoms with van der Waals surface area (Å²) in [5.41, 5.74) is 6.52. The van der Waals surface area contributed by atoms with Crippen molar-refractivity contribution in [2.75, 3.05) is 0 Å². The van der Waals surface area contributed by atoms with Crippen LogP contribution in [-0.4, -0.2) is 0 Å². The third kappa shape index (κ3) is 1.93. The fourth-order valence-corrected chi connectivity index (χ4v) is 1.83. The predicted molar refractivity (Wildman–Crippen MR) is 46.5 cm³/mol. The van der Waals surface area contributed by atoms with Crippen LogP contribution in [0.15, 0.2) is 11.4 Å². The maximum Gasteiger partial charge on any atom is 0.0976 e. The second-order valence-electron chi connectivity index (χ2n) is 2.12. The fraction of sp³-hybridized carbons (Fsp3) is 0.286. The number of halogens is 1. The van der Waals surface area contributed by atoms with Gasteiger partial charge in [-0.05, 0) is 17.0 Å². The summed E-state index contributed by atoms with van der Waals surface area (Å²) in [6.07, 6.45) is 0.316. The molecule has 58 valence electrons. The topological polar surface area (TPSA) is 49.8 Å². The lowest BCUT2D eigenvalue weighted by Crippen LogP contribution is -2.08. The first kappa shape index (κ1) is 8.54. The minimum Gasteiger partial charge on any atom is -0.323 e. The van der Waals surface area contributed by atoms with Gasteiger partial charge < -0.3 is 5.73 Å². The molecule has 0 saturated carbocycles. The Morgan fingerprint density at radius 2 is 2.55 bits per heavy atom. The van der Waals surface area contributed by atoms with E-state index in [0.717, 1.165) is 5.56 Å². The molecule has 1 aromatic heterocycles. The van der Waals surface area contributed by atoms with Crippen LogP contribution in [0.25, 0.3) is 0 Å². The van der Waals surface area contributed by atoms with Gasteiger partial charge in [-0.3, -0.25) is 0 Å². The first-order chi connectivity index (χ1) is 5.25. The van der Waals surface area contributed by atoms with E-state index in [1.54, 1.807) is 0 Å². The molecule has 0 aromatic carbocycles. The van der Waals surface area contributed by atoms with E-state index < -0.39 is 0 Å². The van der Waals surface area contributed by atoms with Gasteiger partial charge in [0, 0.05) is 6.04 Å². The molecular weight excluding hydrogens is 180 g/mol. The summed E-state index contributed by atoms with van der Waals surface area (Å²) in [4.78, 5) is 0. The summed E-state index contributed by atoms with van der Waals surface area (Å²) >= 11 is 7.23. The first-order valence-corrected chi connectivity index (χ1v) is 4.37. The zero-order valence-electron chi connectivity index (χ0n) is 5.75. The van der Waals surface area contributed by atoms with E-state index in [9.17, 15) is 0 Å². The number of nitrogens with zero attached hydrogens (tertiary/aromatic N) is 1. The summed E-state index contributed by atoms with van der Waals surface area (Å²) in [5, 5.41) is 10.2. The number of rotatable bonds is 2. The Labute approximate surface area is 74.2 Å². The maximum absolute atomic E-state index is 8.36. The summed E-state index contributed by atoms with van der Waals surface area (Å²) in [6.45, 7) is 0. The minimum absolute atomic E-state index is 0.237. The van der Waals surface area contributed by atoms with Crippen molar-refractivity contribution in [2.45, 2.75) is 12.5 Å². The zero-order valence-corrected chi connectivity index (χ0v) is 7.32. The molecule has 1 atom stereocenters. The standard InChI is InChI=1S/C7H7ClN2S/c8-7-5(2-4-11-7)6(10)1-3-9/h2,4,6H,1,10H2. The highest BCUT2D eigenvalue weighted by atomic mass is 35.5. The Kier molecular flexibility index (Phi) is 2.89. The van der Waals surface area contributed by atoms with Crippen molar-refractivity contribution in [2.24, 2.45) is 5.73 Å². The van der Waals surface area contributed by atoms with Gasteiger partial charge in [0.05, 0.1) is 16.8 Å². The van der Waals surface area contributed by atoms with Gasteiger partial charge in [0.1, 0.15) is 0 Å². The summed E-state index contributed by atoms with van der Waals surface area (Å²) < 4.78 is 0.688. The molecule has 0 amide bonds. The number of hydrogen-bond acceptors (Lipinski definition) is 3. The van der Waals surface area contributed by atoms with Gasteiger partial charge in [-0.15, -0.1) is 11.3 Å². The zero-order chi connectivity index (χ0) is 8.27. The Balaban J connectivity index is 2.77. The second-order valence-corrected chi connectivity index (χ2v) is 3.64. The molecule has 0 bridgehead atoms. The van der Waals surface area contributed by atoms with Crippen molar-refractivity contribution in [1.82, 2.24) is 0 Å². The average molecular weight is 187 g/mol. The van der Waals surface area contributed by atoms with Gasteiger partial charge in [0.2, 0.25) is 0 Å². The molecule has 11 heavy (non-hydrogen) atoms. The molecule has 0 fully saturated rings. The van der Waals surface area contributed by atoms with Gasteiger partial charge in [-0.1, -0.05) is 11.6 Å². The van der Waals surface area contributed by atoms with Crippen LogP contribution < -0.4 is 5.73 Å². The van der Waals surface area contributed by atoms with Gasteiger partial charge in [-0.25, -0.2) is 0 Å². The molecule has 1 rings (SSSR count). The van der Waals surface area contributed by atoms with Crippen LogP contribution in [-0.2, 0) is 0 Å². The largest absolute Gasteiger partial charge is 0.323 e. The van der Waals surface area contributed by atoms with E-state index >= 15 is 0 Å². The van der Waals surface area contributed by atoms with Crippen molar-refractivity contribution in [3.63, 3.8) is 0 Å². The van der Waals surface area contributed by atoms with Crippen molar-refractivity contribution in [3.05, 3.63) is 21.3 Å². The van der Waals surface area contributed by atoms with Crippen LogP contribution in [0.5, 0.6) is 0 Å². The van der Waals surface area contributed by atoms with Crippen molar-refractivity contribution < 1.29 is 0 Å². The van der Waals surface area contributed by atoms with E-state index in [0.29, 0.717) is 10.8 Å². The summed E-state index contributed by atoms with van der Waals surface area (Å²) in [7, 11) is 0. The molecule has 1 unspecified atom stereocenters. The fourth-order valence-electron chi connectivity index (χ4n) is 0.778. The number of nitrogens with two attached hydrogens (primary N) is 1. The Morgan fingerprint density at radius 3 is 3.00 bits per heavy atom. The molecule has 0 saturated heterocycles. The monoisotopic (exact) mass is 186 g/mol. The van der Waals surface area contributed by atoms with Crippen LogP contribution in [0.1, 0.15) is 18.0 Å².